The van der Waals surface area contributed by atoms with Crippen LogP contribution >= 0.6 is 0 Å². The fraction of sp³-hybridized carbons (Fsp3) is 0.279. The quantitative estimate of drug-likeness (QED) is 0.0233. The summed E-state index contributed by atoms with van der Waals surface area (Å²) in [4.78, 5) is 103. The van der Waals surface area contributed by atoms with Gasteiger partial charge in [0.1, 0.15) is 5.82 Å². The van der Waals surface area contributed by atoms with Gasteiger partial charge in [-0.15, -0.1) is 0 Å². The van der Waals surface area contributed by atoms with Crippen molar-refractivity contribution in [1.82, 2.24) is 21.3 Å². The van der Waals surface area contributed by atoms with Crippen LogP contribution in [0.3, 0.4) is 0 Å². The van der Waals surface area contributed by atoms with E-state index in [-0.39, 0.29) is 101 Å². The molecule has 0 aromatic heterocycles. The molecule has 11 aromatic carbocycles. The summed E-state index contributed by atoms with van der Waals surface area (Å²) in [6, 6.07) is 76.9. The molecule has 0 unspecified atom stereocenters. The van der Waals surface area contributed by atoms with Crippen molar-refractivity contribution in [2.75, 3.05) is 47.4 Å². The zero-order valence-electron chi connectivity index (χ0n) is 79.0. The third-order valence-corrected chi connectivity index (χ3v) is 24.5. The lowest BCUT2D eigenvalue weighted by Gasteiger charge is -2.40. The Kier molecular flexibility index (Phi) is 32.7. The highest BCUT2D eigenvalue weighted by Crippen LogP contribution is 2.47. The molecule has 700 valence electrons. The van der Waals surface area contributed by atoms with Crippen LogP contribution in [0, 0.1) is 11.7 Å². The number of allylic oxidation sites excluding steroid dienone is 1. The van der Waals surface area contributed by atoms with Crippen LogP contribution in [-0.4, -0.2) is 78.0 Å². The largest absolute Gasteiger partial charge is 0.416 e. The van der Waals surface area contributed by atoms with Gasteiger partial charge >= 0.3 is 6.18 Å². The maximum Gasteiger partial charge on any atom is 0.416 e. The lowest BCUT2D eigenvalue weighted by atomic mass is 9.88. The number of amides is 8. The van der Waals surface area contributed by atoms with Crippen molar-refractivity contribution in [3.8, 4) is 44.5 Å². The highest BCUT2D eigenvalue weighted by atomic mass is 19.4. The lowest BCUT2D eigenvalue weighted by molar-refractivity contribution is -0.137. The van der Waals surface area contributed by atoms with Gasteiger partial charge in [-0.25, -0.2) is 4.39 Å². The molecule has 135 heavy (non-hydrogen) atoms. The molecule has 0 radical (unpaired) electrons. The average Bonchev–Trinajstić information content (AvgIpc) is 0.798. The van der Waals surface area contributed by atoms with Gasteiger partial charge in [0.05, 0.1) is 23.7 Å². The van der Waals surface area contributed by atoms with Crippen molar-refractivity contribution < 1.29 is 55.9 Å². The number of fused-ring (bicyclic) bond motifs is 4. The molecule has 0 saturated carbocycles. The monoisotopic (exact) mass is 1820 g/mol. The molecule has 0 bridgehead atoms. The van der Waals surface area contributed by atoms with Crippen molar-refractivity contribution in [3.63, 3.8) is 0 Å². The Balaban J connectivity index is 0.000000162. The van der Waals surface area contributed by atoms with Gasteiger partial charge < -0.3 is 62.1 Å². The number of halogens is 4. The smallest absolute Gasteiger partial charge is 0.382 e. The van der Waals surface area contributed by atoms with Crippen molar-refractivity contribution in [1.29, 1.82) is 0 Å². The van der Waals surface area contributed by atoms with Gasteiger partial charge in [-0.2, -0.15) is 13.2 Å². The second kappa shape index (κ2) is 44.3. The highest BCUT2D eigenvalue weighted by molar-refractivity contribution is 5.99. The van der Waals surface area contributed by atoms with Gasteiger partial charge in [-0.05, 0) is 283 Å². The molecule has 4 heterocycles. The number of hydrogen-bond acceptors (Lipinski definition) is 12. The summed E-state index contributed by atoms with van der Waals surface area (Å²) in [6.45, 7) is 38.1. The Morgan fingerprint density at radius 1 is 0.356 bits per heavy atom. The number of carbonyl (C=O) groups is 8. The lowest BCUT2D eigenvalue weighted by Crippen LogP contribution is -2.44. The number of rotatable bonds is 22. The molecule has 0 fully saturated rings. The van der Waals surface area contributed by atoms with Crippen molar-refractivity contribution in [2.24, 2.45) is 5.92 Å². The number of alkyl halides is 3. The maximum absolute atomic E-state index is 13.4. The zero-order chi connectivity index (χ0) is 97.4. The summed E-state index contributed by atoms with van der Waals surface area (Å²) >= 11 is 0. The van der Waals surface area contributed by atoms with Crippen LogP contribution in [0.25, 0.3) is 55.9 Å². The van der Waals surface area contributed by atoms with Gasteiger partial charge in [0.15, 0.2) is 0 Å². The van der Waals surface area contributed by atoms with E-state index in [0.29, 0.717) is 41.4 Å². The van der Waals surface area contributed by atoms with Crippen LogP contribution in [-0.2, 0) is 51.0 Å². The molecule has 8 N–H and O–H groups in total. The summed E-state index contributed by atoms with van der Waals surface area (Å²) in [5.74, 6) is -0.421. The fourth-order valence-corrected chi connectivity index (χ4v) is 18.3. The Bertz CT molecular complexity index is 6240. The van der Waals surface area contributed by atoms with E-state index in [2.05, 4.69) is 145 Å². The molecule has 20 nitrogen and oxygen atoms in total. The van der Waals surface area contributed by atoms with Gasteiger partial charge in [-0.1, -0.05) is 161 Å². The van der Waals surface area contributed by atoms with Crippen molar-refractivity contribution in [3.05, 3.63) is 324 Å². The minimum atomic E-state index is -4.41. The third kappa shape index (κ3) is 25.5. The van der Waals surface area contributed by atoms with E-state index >= 15 is 0 Å². The van der Waals surface area contributed by atoms with Crippen LogP contribution in [0.15, 0.2) is 274 Å². The fourth-order valence-electron chi connectivity index (χ4n) is 18.3. The standard InChI is InChI=1S/C29H28F3N3O2.C29H33N3O2.C28H28FN3O2.C25H31N3O2/c1-17-14-27(33-18(2)21-8-11-24(12-9-21)29(30,31)32)26-16-23(10-13-28(26)35(17)20(4)37)22-6-5-7-25(15-22)34-19(3)36;1-20-17-28(30-16-8-11-23-9-5-4-6-10-23)27-19-25(14-15-29(27)32(20)22(3)34)24-12-7-13-26(18-24)31-21(2)33;1-17-14-27(30-18(2)21-8-11-24(29)12-9-21)26-16-23(10-13-28(26)32(17)20(4)34)22-6-5-7-25(15-22)31-19(3)33;1-15(2)17(4)26-24-12-16(3)28(19(6)30)25-11-10-21(14-23(24)25)20-8-7-9-22(13-20)27-18(5)29/h5-13,15-17,27,33H,2,14H2,1,3-4H3,(H,34,36);4-7,9-10,12-15,18-20,28,30H,8,11,16-17H2,1-3H3,(H,31,33);5-13,15-17,27,30H,2,14H2,1,3-4H3,(H,31,33);7-11,13-16,24,26H,4,12H2,1-3,5-6H3,(H,27,29)/t17-,27+;20-,28+;17-,27+;16-,24+/m0000/s1. The van der Waals surface area contributed by atoms with Crippen LogP contribution in [0.4, 0.5) is 63.1 Å². The predicted molar refractivity (Wildman–Crippen MR) is 537 cm³/mol. The first-order valence-electron chi connectivity index (χ1n) is 45.6. The van der Waals surface area contributed by atoms with Crippen LogP contribution in [0.2, 0.25) is 0 Å². The molecule has 0 aliphatic carbocycles. The number of nitrogens with zero attached hydrogens (tertiary/aromatic N) is 4. The molecule has 0 spiro atoms. The van der Waals surface area contributed by atoms with E-state index in [1.807, 2.05) is 168 Å². The third-order valence-electron chi connectivity index (χ3n) is 24.5. The van der Waals surface area contributed by atoms with E-state index in [1.165, 1.54) is 64.4 Å². The normalized spacial score (nSPS) is 17.3. The molecule has 24 heteroatoms. The van der Waals surface area contributed by atoms with Gasteiger partial charge in [-0.3, -0.25) is 38.4 Å². The summed E-state index contributed by atoms with van der Waals surface area (Å²) < 4.78 is 52.3. The summed E-state index contributed by atoms with van der Waals surface area (Å²) in [7, 11) is 0. The van der Waals surface area contributed by atoms with Crippen molar-refractivity contribution >= 4 is 104 Å². The summed E-state index contributed by atoms with van der Waals surface area (Å²) in [6.07, 6.45) is 0.650. The first-order valence-corrected chi connectivity index (χ1v) is 45.6. The summed E-state index contributed by atoms with van der Waals surface area (Å²) in [5, 5.41) is 25.5. The van der Waals surface area contributed by atoms with Crippen LogP contribution < -0.4 is 62.1 Å². The van der Waals surface area contributed by atoms with E-state index in [1.54, 1.807) is 43.9 Å². The van der Waals surface area contributed by atoms with E-state index in [0.717, 1.165) is 162 Å². The number of benzene rings is 11. The minimum absolute atomic E-state index is 0.00235. The number of carbonyl (C=O) groups excluding carboxylic acids is 8. The van der Waals surface area contributed by atoms with E-state index < -0.39 is 11.7 Å². The number of nitrogens with one attached hydrogen (secondary N) is 8. The van der Waals surface area contributed by atoms with Crippen molar-refractivity contribution in [2.45, 2.75) is 190 Å². The van der Waals surface area contributed by atoms with Gasteiger partial charge in [0.2, 0.25) is 47.3 Å². The number of aryl methyl sites for hydroxylation is 1. The molecular formula is C111H120F4N12O8. The second-order valence-corrected chi connectivity index (χ2v) is 35.4. The Labute approximate surface area is 789 Å². The van der Waals surface area contributed by atoms with Gasteiger partial charge in [0.25, 0.3) is 0 Å². The van der Waals surface area contributed by atoms with Crippen LogP contribution in [0.1, 0.15) is 198 Å². The Morgan fingerprint density at radius 2 is 0.644 bits per heavy atom. The molecule has 8 atom stereocenters. The predicted octanol–water partition coefficient (Wildman–Crippen LogP) is 23.7. The topological polar surface area (TPSA) is 246 Å². The first kappa shape index (κ1) is 99.5. The molecule has 4 aliphatic rings. The first-order chi connectivity index (χ1) is 64.2. The zero-order valence-corrected chi connectivity index (χ0v) is 79.0. The highest BCUT2D eigenvalue weighted by Gasteiger charge is 2.39. The maximum atomic E-state index is 13.4. The van der Waals surface area contributed by atoms with E-state index in [9.17, 15) is 55.9 Å². The molecular weight excluding hydrogens is 1710 g/mol. The molecule has 0 saturated heterocycles. The minimum Gasteiger partial charge on any atom is -0.382 e. The number of anilines is 8. The molecule has 15 rings (SSSR count). The SMILES string of the molecule is C=C(N[C@@H]1C[C@H](C)N(C(C)=O)c2ccc(-c3cccc(NC(C)=O)c3)cc21)C(C)C.C=C(N[C@@H]1C[C@H](C)N(C(C)=O)c2ccc(-c3cccc(NC(C)=O)c3)cc21)c1ccc(C(F)(F)F)cc1.C=C(N[C@@H]1C[C@H](C)N(C(C)=O)c2ccc(-c3cccc(NC(C)=O)c3)cc21)c1ccc(F)cc1.CC(=O)Nc1cccc(-c2ccc3c(c2)[C@H](NCCCc2ccccc2)C[C@H](C)N3C(C)=O)c1. The average molecular weight is 1830 g/mol. The van der Waals surface area contributed by atoms with E-state index in [4.69, 9.17) is 0 Å². The molecule has 8 amide bonds. The summed E-state index contributed by atoms with van der Waals surface area (Å²) in [5.41, 5.74) is 22.6. The Morgan fingerprint density at radius 3 is 0.941 bits per heavy atom. The molecule has 11 aromatic rings. The number of hydrogen-bond donors (Lipinski definition) is 8. The Hall–Kier alpha value is -14.5. The van der Waals surface area contributed by atoms with Gasteiger partial charge in [0, 0.05) is 148 Å². The second-order valence-electron chi connectivity index (χ2n) is 35.4. The molecule has 4 aliphatic heterocycles. The van der Waals surface area contributed by atoms with Crippen LogP contribution in [0.5, 0.6) is 0 Å².